The molecule has 0 aliphatic heterocycles. The highest BCUT2D eigenvalue weighted by Gasteiger charge is 2.08. The summed E-state index contributed by atoms with van der Waals surface area (Å²) in [5, 5.41) is 2.83. The molecule has 1 unspecified atom stereocenters. The van der Waals surface area contributed by atoms with Crippen LogP contribution in [-0.4, -0.2) is 25.7 Å². The predicted molar refractivity (Wildman–Crippen MR) is 66.4 cm³/mol. The van der Waals surface area contributed by atoms with Crippen molar-refractivity contribution in [3.05, 3.63) is 24.3 Å². The van der Waals surface area contributed by atoms with Crippen LogP contribution >= 0.6 is 0 Å². The Bertz CT molecular complexity index is 365. The van der Waals surface area contributed by atoms with Crippen molar-refractivity contribution >= 4 is 5.91 Å². The first kappa shape index (κ1) is 13.4. The van der Waals surface area contributed by atoms with E-state index in [1.54, 1.807) is 19.2 Å². The van der Waals surface area contributed by atoms with E-state index in [2.05, 4.69) is 5.32 Å². The Labute approximate surface area is 102 Å². The number of carbonyl (C=O) groups is 1. The first-order valence-corrected chi connectivity index (χ1v) is 5.72. The van der Waals surface area contributed by atoms with E-state index in [0.717, 1.165) is 6.42 Å². The van der Waals surface area contributed by atoms with E-state index in [1.807, 2.05) is 26.0 Å². The second-order valence-corrected chi connectivity index (χ2v) is 3.82. The molecular weight excluding hydrogens is 218 g/mol. The molecule has 94 valence electrons. The summed E-state index contributed by atoms with van der Waals surface area (Å²) in [6, 6.07) is 7.43. The van der Waals surface area contributed by atoms with Crippen molar-refractivity contribution < 1.29 is 14.3 Å². The fourth-order valence-corrected chi connectivity index (χ4v) is 1.30. The van der Waals surface area contributed by atoms with Gasteiger partial charge >= 0.3 is 0 Å². The number of benzene rings is 1. The molecule has 0 bridgehead atoms. The second-order valence-electron chi connectivity index (χ2n) is 3.82. The summed E-state index contributed by atoms with van der Waals surface area (Å²) in [6.07, 6.45) is 0.903. The van der Waals surface area contributed by atoms with Crippen LogP contribution < -0.4 is 14.8 Å². The molecule has 0 fully saturated rings. The van der Waals surface area contributed by atoms with E-state index < -0.39 is 0 Å². The van der Waals surface area contributed by atoms with Crippen molar-refractivity contribution in [3.8, 4) is 11.5 Å². The smallest absolute Gasteiger partial charge is 0.258 e. The average Bonchev–Trinajstić information content (AvgIpc) is 2.36. The molecule has 1 atom stereocenters. The molecule has 0 spiro atoms. The number of hydrogen-bond acceptors (Lipinski definition) is 3. The number of nitrogens with one attached hydrogen (secondary N) is 1. The van der Waals surface area contributed by atoms with Gasteiger partial charge < -0.3 is 14.8 Å². The van der Waals surface area contributed by atoms with Crippen molar-refractivity contribution in [2.24, 2.45) is 0 Å². The molecule has 0 saturated heterocycles. The quantitative estimate of drug-likeness (QED) is 0.823. The predicted octanol–water partition coefficient (Wildman–Crippen LogP) is 1.99. The van der Waals surface area contributed by atoms with Crippen molar-refractivity contribution in [1.29, 1.82) is 0 Å². The molecule has 0 aliphatic carbocycles. The highest BCUT2D eigenvalue weighted by atomic mass is 16.5. The first-order chi connectivity index (χ1) is 8.17. The average molecular weight is 237 g/mol. The van der Waals surface area contributed by atoms with Gasteiger partial charge in [0.25, 0.3) is 5.91 Å². The molecule has 1 rings (SSSR count). The second kappa shape index (κ2) is 6.78. The van der Waals surface area contributed by atoms with Crippen molar-refractivity contribution in [2.45, 2.75) is 26.3 Å². The fraction of sp³-hybridized carbons (Fsp3) is 0.462. The first-order valence-electron chi connectivity index (χ1n) is 5.72. The number of methoxy groups -OCH3 is 1. The van der Waals surface area contributed by atoms with E-state index in [0.29, 0.717) is 11.5 Å². The summed E-state index contributed by atoms with van der Waals surface area (Å²) in [4.78, 5) is 11.5. The highest BCUT2D eigenvalue weighted by molar-refractivity contribution is 5.77. The summed E-state index contributed by atoms with van der Waals surface area (Å²) >= 11 is 0. The van der Waals surface area contributed by atoms with E-state index in [1.165, 1.54) is 0 Å². The Hall–Kier alpha value is -1.71. The monoisotopic (exact) mass is 237 g/mol. The van der Waals surface area contributed by atoms with Gasteiger partial charge in [-0.1, -0.05) is 19.1 Å². The molecule has 17 heavy (non-hydrogen) atoms. The Morgan fingerprint density at radius 2 is 2.00 bits per heavy atom. The molecule has 4 heteroatoms. The molecule has 0 heterocycles. The largest absolute Gasteiger partial charge is 0.493 e. The van der Waals surface area contributed by atoms with Gasteiger partial charge in [-0.3, -0.25) is 4.79 Å². The zero-order valence-corrected chi connectivity index (χ0v) is 10.5. The van der Waals surface area contributed by atoms with Gasteiger partial charge in [0.1, 0.15) is 0 Å². The minimum atomic E-state index is -0.120. The Morgan fingerprint density at radius 3 is 2.59 bits per heavy atom. The minimum Gasteiger partial charge on any atom is -0.493 e. The number of para-hydroxylation sites is 2. The van der Waals surface area contributed by atoms with Gasteiger partial charge in [0.05, 0.1) is 7.11 Å². The fourth-order valence-electron chi connectivity index (χ4n) is 1.30. The van der Waals surface area contributed by atoms with Crippen molar-refractivity contribution in [1.82, 2.24) is 5.32 Å². The lowest BCUT2D eigenvalue weighted by Crippen LogP contribution is -2.35. The normalized spacial score (nSPS) is 11.7. The van der Waals surface area contributed by atoms with Gasteiger partial charge in [-0.2, -0.15) is 0 Å². The molecule has 1 N–H and O–H groups in total. The van der Waals surface area contributed by atoms with Gasteiger partial charge in [-0.15, -0.1) is 0 Å². The highest BCUT2D eigenvalue weighted by Crippen LogP contribution is 2.25. The maximum atomic E-state index is 11.5. The summed E-state index contributed by atoms with van der Waals surface area (Å²) in [7, 11) is 1.57. The lowest BCUT2D eigenvalue weighted by Gasteiger charge is -2.13. The summed E-state index contributed by atoms with van der Waals surface area (Å²) in [5.74, 6) is 1.09. The molecule has 1 aromatic carbocycles. The lowest BCUT2D eigenvalue weighted by molar-refractivity contribution is -0.123. The van der Waals surface area contributed by atoms with Crippen molar-refractivity contribution in [2.75, 3.05) is 13.7 Å². The SMILES string of the molecule is CCC(C)NC(=O)COc1ccccc1OC. The van der Waals surface area contributed by atoms with Crippen molar-refractivity contribution in [3.63, 3.8) is 0 Å². The molecule has 0 saturated carbocycles. The van der Waals surface area contributed by atoms with E-state index in [9.17, 15) is 4.79 Å². The molecule has 0 aliphatic rings. The molecule has 4 nitrogen and oxygen atoms in total. The number of amides is 1. The molecule has 1 aromatic rings. The van der Waals surface area contributed by atoms with Gasteiger partial charge in [0, 0.05) is 6.04 Å². The van der Waals surface area contributed by atoms with Gasteiger partial charge in [0.2, 0.25) is 0 Å². The number of rotatable bonds is 6. The Kier molecular flexibility index (Phi) is 5.33. The molecular formula is C13H19NO3. The lowest BCUT2D eigenvalue weighted by atomic mass is 10.2. The number of hydrogen-bond donors (Lipinski definition) is 1. The van der Waals surface area contributed by atoms with Crippen LogP contribution in [0, 0.1) is 0 Å². The van der Waals surface area contributed by atoms with Crippen LogP contribution in [0.1, 0.15) is 20.3 Å². The topological polar surface area (TPSA) is 47.6 Å². The Morgan fingerprint density at radius 1 is 1.35 bits per heavy atom. The van der Waals surface area contributed by atoms with Crippen LogP contribution in [-0.2, 0) is 4.79 Å². The van der Waals surface area contributed by atoms with Crippen LogP contribution in [0.2, 0.25) is 0 Å². The maximum absolute atomic E-state index is 11.5. The summed E-state index contributed by atoms with van der Waals surface area (Å²) in [6.45, 7) is 3.98. The standard InChI is InChI=1S/C13H19NO3/c1-4-10(2)14-13(15)9-17-12-8-6-5-7-11(12)16-3/h5-8,10H,4,9H2,1-3H3,(H,14,15). The van der Waals surface area contributed by atoms with E-state index >= 15 is 0 Å². The zero-order valence-electron chi connectivity index (χ0n) is 10.5. The molecule has 1 amide bonds. The minimum absolute atomic E-state index is 0.00468. The molecule has 0 aromatic heterocycles. The maximum Gasteiger partial charge on any atom is 0.258 e. The zero-order chi connectivity index (χ0) is 12.7. The number of ether oxygens (including phenoxy) is 2. The van der Waals surface area contributed by atoms with E-state index in [4.69, 9.17) is 9.47 Å². The Balaban J connectivity index is 2.47. The summed E-state index contributed by atoms with van der Waals surface area (Å²) in [5.41, 5.74) is 0. The summed E-state index contributed by atoms with van der Waals surface area (Å²) < 4.78 is 10.5. The van der Waals surface area contributed by atoms with Gasteiger partial charge in [-0.25, -0.2) is 0 Å². The third kappa shape index (κ3) is 4.34. The van der Waals surface area contributed by atoms with Crippen LogP contribution in [0.25, 0.3) is 0 Å². The molecule has 0 radical (unpaired) electrons. The third-order valence-electron chi connectivity index (χ3n) is 2.45. The van der Waals surface area contributed by atoms with Crippen LogP contribution in [0.15, 0.2) is 24.3 Å². The van der Waals surface area contributed by atoms with E-state index in [-0.39, 0.29) is 18.6 Å². The third-order valence-corrected chi connectivity index (χ3v) is 2.45. The van der Waals surface area contributed by atoms with Gasteiger partial charge in [-0.05, 0) is 25.5 Å². The van der Waals surface area contributed by atoms with Crippen LogP contribution in [0.5, 0.6) is 11.5 Å². The van der Waals surface area contributed by atoms with Gasteiger partial charge in [0.15, 0.2) is 18.1 Å². The number of carbonyl (C=O) groups excluding carboxylic acids is 1. The van der Waals surface area contributed by atoms with Crippen LogP contribution in [0.4, 0.5) is 0 Å². The van der Waals surface area contributed by atoms with Crippen LogP contribution in [0.3, 0.4) is 0 Å².